The molecule has 1 heterocycles. The Morgan fingerprint density at radius 2 is 2.16 bits per heavy atom. The molecule has 0 atom stereocenters. The highest BCUT2D eigenvalue weighted by Gasteiger charge is 2.11. The first-order chi connectivity index (χ1) is 9.20. The molecule has 1 aromatic carbocycles. The van der Waals surface area contributed by atoms with Crippen molar-refractivity contribution in [1.29, 1.82) is 0 Å². The van der Waals surface area contributed by atoms with Gasteiger partial charge in [0.1, 0.15) is 6.42 Å². The number of hydrogen-bond donors (Lipinski definition) is 2. The lowest BCUT2D eigenvalue weighted by atomic mass is 10.2. The minimum Gasteiger partial charge on any atom is -0.466 e. The SMILES string of the molecule is CCOC(=O)CC(=O)NCc1[nH]nc2ccccc12. The number of amides is 1. The molecule has 0 saturated heterocycles. The van der Waals surface area contributed by atoms with Gasteiger partial charge >= 0.3 is 5.97 Å². The molecule has 0 saturated carbocycles. The number of carbonyl (C=O) groups is 2. The van der Waals surface area contributed by atoms with Crippen molar-refractivity contribution in [3.63, 3.8) is 0 Å². The predicted octanol–water partition coefficient (Wildman–Crippen LogP) is 1.13. The van der Waals surface area contributed by atoms with Crippen LogP contribution in [0.5, 0.6) is 0 Å². The number of benzene rings is 1. The molecule has 0 aliphatic carbocycles. The minimum absolute atomic E-state index is 0.264. The average Bonchev–Trinajstić information content (AvgIpc) is 2.80. The molecule has 0 unspecified atom stereocenters. The van der Waals surface area contributed by atoms with Crippen LogP contribution in [0.2, 0.25) is 0 Å². The average molecular weight is 261 g/mol. The monoisotopic (exact) mass is 261 g/mol. The molecule has 0 aliphatic heterocycles. The summed E-state index contributed by atoms with van der Waals surface area (Å²) >= 11 is 0. The molecule has 1 amide bonds. The van der Waals surface area contributed by atoms with E-state index in [1.807, 2.05) is 24.3 Å². The van der Waals surface area contributed by atoms with E-state index in [1.165, 1.54) is 0 Å². The van der Waals surface area contributed by atoms with Crippen molar-refractivity contribution in [1.82, 2.24) is 15.5 Å². The maximum Gasteiger partial charge on any atom is 0.315 e. The quantitative estimate of drug-likeness (QED) is 0.624. The van der Waals surface area contributed by atoms with E-state index in [0.717, 1.165) is 16.6 Å². The van der Waals surface area contributed by atoms with Crippen molar-refractivity contribution in [3.05, 3.63) is 30.0 Å². The van der Waals surface area contributed by atoms with Crippen molar-refractivity contribution in [3.8, 4) is 0 Å². The minimum atomic E-state index is -0.519. The number of hydrogen-bond acceptors (Lipinski definition) is 4. The van der Waals surface area contributed by atoms with Gasteiger partial charge in [-0.25, -0.2) is 0 Å². The standard InChI is InChI=1S/C13H15N3O3/c1-2-19-13(18)7-12(17)14-8-11-9-5-3-4-6-10(9)15-16-11/h3-6H,2,7-8H2,1H3,(H,14,17)(H,15,16). The molecular weight excluding hydrogens is 246 g/mol. The molecule has 6 nitrogen and oxygen atoms in total. The molecule has 0 bridgehead atoms. The number of aromatic nitrogens is 2. The number of carbonyl (C=O) groups excluding carboxylic acids is 2. The molecule has 2 N–H and O–H groups in total. The van der Waals surface area contributed by atoms with Crippen molar-refractivity contribution in [2.24, 2.45) is 0 Å². The van der Waals surface area contributed by atoms with Crippen LogP contribution in [0.15, 0.2) is 24.3 Å². The van der Waals surface area contributed by atoms with Crippen LogP contribution in [0, 0.1) is 0 Å². The molecule has 0 fully saturated rings. The molecule has 19 heavy (non-hydrogen) atoms. The van der Waals surface area contributed by atoms with Crippen molar-refractivity contribution in [2.45, 2.75) is 19.9 Å². The predicted molar refractivity (Wildman–Crippen MR) is 69.2 cm³/mol. The van der Waals surface area contributed by atoms with E-state index >= 15 is 0 Å². The lowest BCUT2D eigenvalue weighted by molar-refractivity contribution is -0.146. The van der Waals surface area contributed by atoms with Crippen molar-refractivity contribution < 1.29 is 14.3 Å². The van der Waals surface area contributed by atoms with E-state index in [1.54, 1.807) is 6.92 Å². The first kappa shape index (κ1) is 13.1. The summed E-state index contributed by atoms with van der Waals surface area (Å²) < 4.78 is 4.70. The highest BCUT2D eigenvalue weighted by molar-refractivity contribution is 5.94. The normalized spacial score (nSPS) is 10.4. The Morgan fingerprint density at radius 3 is 2.95 bits per heavy atom. The number of ether oxygens (including phenoxy) is 1. The number of nitrogens with one attached hydrogen (secondary N) is 2. The first-order valence-electron chi connectivity index (χ1n) is 6.05. The highest BCUT2D eigenvalue weighted by atomic mass is 16.5. The van der Waals surface area contributed by atoms with Crippen LogP contribution in [0.25, 0.3) is 10.9 Å². The summed E-state index contributed by atoms with van der Waals surface area (Å²) in [5.74, 6) is -0.883. The third-order valence-corrected chi connectivity index (χ3v) is 2.61. The van der Waals surface area contributed by atoms with E-state index < -0.39 is 5.97 Å². The molecule has 0 spiro atoms. The van der Waals surface area contributed by atoms with Crippen LogP contribution >= 0.6 is 0 Å². The van der Waals surface area contributed by atoms with Crippen LogP contribution in [0.4, 0.5) is 0 Å². The van der Waals surface area contributed by atoms with Gasteiger partial charge in [0, 0.05) is 5.39 Å². The molecule has 6 heteroatoms. The first-order valence-corrected chi connectivity index (χ1v) is 6.05. The Kier molecular flexibility index (Phi) is 4.12. The maximum absolute atomic E-state index is 11.5. The van der Waals surface area contributed by atoms with E-state index in [0.29, 0.717) is 6.54 Å². The van der Waals surface area contributed by atoms with Gasteiger partial charge in [0.15, 0.2) is 0 Å². The fourth-order valence-electron chi connectivity index (χ4n) is 1.74. The number of para-hydroxylation sites is 1. The second kappa shape index (κ2) is 5.99. The third kappa shape index (κ3) is 3.31. The summed E-state index contributed by atoms with van der Waals surface area (Å²) in [6.45, 7) is 2.28. The second-order valence-electron chi connectivity index (χ2n) is 3.98. The van der Waals surface area contributed by atoms with Gasteiger partial charge in [-0.05, 0) is 13.0 Å². The summed E-state index contributed by atoms with van der Waals surface area (Å²) in [4.78, 5) is 22.6. The van der Waals surface area contributed by atoms with Crippen LogP contribution < -0.4 is 5.32 Å². The molecule has 0 radical (unpaired) electrons. The van der Waals surface area contributed by atoms with Gasteiger partial charge in [0.2, 0.25) is 5.91 Å². The summed E-state index contributed by atoms with van der Waals surface area (Å²) in [5, 5.41) is 10.6. The Morgan fingerprint density at radius 1 is 1.37 bits per heavy atom. The summed E-state index contributed by atoms with van der Waals surface area (Å²) in [6.07, 6.45) is -0.264. The van der Waals surface area contributed by atoms with Gasteiger partial charge in [0.25, 0.3) is 0 Å². The number of H-pyrrole nitrogens is 1. The zero-order chi connectivity index (χ0) is 13.7. The van der Waals surface area contributed by atoms with Gasteiger partial charge in [-0.15, -0.1) is 0 Å². The van der Waals surface area contributed by atoms with E-state index in [4.69, 9.17) is 4.74 Å². The van der Waals surface area contributed by atoms with Crippen LogP contribution in [0.3, 0.4) is 0 Å². The Balaban J connectivity index is 1.92. The van der Waals surface area contributed by atoms with Gasteiger partial charge in [-0.1, -0.05) is 18.2 Å². The van der Waals surface area contributed by atoms with Gasteiger partial charge in [-0.2, -0.15) is 5.10 Å². The number of nitrogens with zero attached hydrogens (tertiary/aromatic N) is 1. The summed E-state index contributed by atoms with van der Waals surface area (Å²) in [7, 11) is 0. The number of esters is 1. The topological polar surface area (TPSA) is 84.1 Å². The molecule has 2 rings (SSSR count). The molecule has 1 aromatic heterocycles. The highest BCUT2D eigenvalue weighted by Crippen LogP contribution is 2.14. The second-order valence-corrected chi connectivity index (χ2v) is 3.98. The molecule has 0 aliphatic rings. The van der Waals surface area contributed by atoms with Crippen LogP contribution in [0.1, 0.15) is 19.0 Å². The van der Waals surface area contributed by atoms with Gasteiger partial charge in [0.05, 0.1) is 24.4 Å². The lowest BCUT2D eigenvalue weighted by Gasteiger charge is -2.04. The van der Waals surface area contributed by atoms with Gasteiger partial charge in [-0.3, -0.25) is 14.7 Å². The van der Waals surface area contributed by atoms with E-state index in [2.05, 4.69) is 15.5 Å². The zero-order valence-corrected chi connectivity index (χ0v) is 10.6. The number of fused-ring (bicyclic) bond motifs is 1. The maximum atomic E-state index is 11.5. The molecule has 100 valence electrons. The van der Waals surface area contributed by atoms with Crippen molar-refractivity contribution in [2.75, 3.05) is 6.61 Å². The third-order valence-electron chi connectivity index (χ3n) is 2.61. The van der Waals surface area contributed by atoms with E-state index in [9.17, 15) is 9.59 Å². The lowest BCUT2D eigenvalue weighted by Crippen LogP contribution is -2.26. The van der Waals surface area contributed by atoms with Crippen molar-refractivity contribution >= 4 is 22.8 Å². The smallest absolute Gasteiger partial charge is 0.315 e. The number of aromatic amines is 1. The largest absolute Gasteiger partial charge is 0.466 e. The fraction of sp³-hybridized carbons (Fsp3) is 0.308. The Bertz CT molecular complexity index is 592. The van der Waals surface area contributed by atoms with Crippen LogP contribution in [-0.4, -0.2) is 28.7 Å². The zero-order valence-electron chi connectivity index (χ0n) is 10.6. The van der Waals surface area contributed by atoms with Gasteiger partial charge < -0.3 is 10.1 Å². The summed E-state index contributed by atoms with van der Waals surface area (Å²) in [5.41, 5.74) is 1.66. The Hall–Kier alpha value is -2.37. The van der Waals surface area contributed by atoms with Crippen LogP contribution in [-0.2, 0) is 20.9 Å². The fourth-order valence-corrected chi connectivity index (χ4v) is 1.74. The van der Waals surface area contributed by atoms with E-state index in [-0.39, 0.29) is 18.9 Å². The molecular formula is C13H15N3O3. The number of rotatable bonds is 5. The molecule has 2 aromatic rings. The Labute approximate surface area is 110 Å². The summed E-state index contributed by atoms with van der Waals surface area (Å²) in [6, 6.07) is 7.61.